The third-order valence-corrected chi connectivity index (χ3v) is 3.68. The van der Waals surface area contributed by atoms with Gasteiger partial charge in [0, 0.05) is 0 Å². The van der Waals surface area contributed by atoms with Crippen molar-refractivity contribution in [3.8, 4) is 0 Å². The summed E-state index contributed by atoms with van der Waals surface area (Å²) in [6.07, 6.45) is -5.16. The number of alkyl halides is 3. The molecule has 0 amide bonds. The molecule has 1 saturated carbocycles. The maximum Gasteiger partial charge on any atom is 0.406 e. The van der Waals surface area contributed by atoms with E-state index < -0.39 is 53.2 Å². The highest BCUT2D eigenvalue weighted by Crippen LogP contribution is 2.69. The van der Waals surface area contributed by atoms with Crippen LogP contribution in [0.1, 0.15) is 0 Å². The van der Waals surface area contributed by atoms with Crippen LogP contribution in [0.15, 0.2) is 0 Å². The fourth-order valence-corrected chi connectivity index (χ4v) is 2.96. The molecule has 0 aromatic rings. The Hall–Kier alpha value is -1.93. The molecule has 6 nitrogen and oxygen atoms in total. The molecule has 0 bridgehead atoms. The Labute approximate surface area is 96.0 Å². The average molecular weight is 264 g/mol. The largest absolute Gasteiger partial charge is 0.406 e. The molecule has 0 aromatic heterocycles. The lowest BCUT2D eigenvalue weighted by atomic mass is 9.48. The monoisotopic (exact) mass is 264 g/mol. The lowest BCUT2D eigenvalue weighted by molar-refractivity contribution is -0.280. The molecule has 2 heterocycles. The van der Waals surface area contributed by atoms with Gasteiger partial charge in [-0.1, -0.05) is 0 Å². The Bertz CT molecular complexity index is 505. The van der Waals surface area contributed by atoms with Crippen molar-refractivity contribution in [3.05, 3.63) is 0 Å². The summed E-state index contributed by atoms with van der Waals surface area (Å²) in [5.41, 5.74) is -3.25. The maximum absolute atomic E-state index is 13.0. The number of carbonyl (C=O) groups is 4. The van der Waals surface area contributed by atoms with Crippen molar-refractivity contribution < 1.29 is 41.8 Å². The van der Waals surface area contributed by atoms with Crippen molar-refractivity contribution in [2.75, 3.05) is 0 Å². The molecule has 3 aliphatic rings. The van der Waals surface area contributed by atoms with Crippen LogP contribution >= 0.6 is 0 Å². The van der Waals surface area contributed by atoms with E-state index in [-0.39, 0.29) is 0 Å². The zero-order valence-electron chi connectivity index (χ0n) is 8.32. The number of fused-ring (bicyclic) bond motifs is 4. The first-order chi connectivity index (χ1) is 8.23. The molecular formula is C9H3F3O6. The fourth-order valence-electron chi connectivity index (χ4n) is 2.96. The minimum Gasteiger partial charge on any atom is -0.393 e. The minimum absolute atomic E-state index is 1.22. The van der Waals surface area contributed by atoms with Crippen LogP contribution < -0.4 is 0 Å². The summed E-state index contributed by atoms with van der Waals surface area (Å²) >= 11 is 0. The van der Waals surface area contributed by atoms with Gasteiger partial charge in [-0.2, -0.15) is 13.2 Å². The van der Waals surface area contributed by atoms with E-state index in [2.05, 4.69) is 9.47 Å². The first-order valence-corrected chi connectivity index (χ1v) is 4.81. The quantitative estimate of drug-likeness (QED) is 0.435. The predicted octanol–water partition coefficient (Wildman–Crippen LogP) is -0.436. The number of carbonyl (C=O) groups excluding carboxylic acids is 4. The molecule has 2 aliphatic heterocycles. The Balaban J connectivity index is 2.20. The van der Waals surface area contributed by atoms with Crippen molar-refractivity contribution in [1.29, 1.82) is 0 Å². The number of halogens is 3. The van der Waals surface area contributed by atoms with Gasteiger partial charge in [-0.05, 0) is 0 Å². The molecule has 2 saturated heterocycles. The van der Waals surface area contributed by atoms with Gasteiger partial charge in [0.15, 0.2) is 5.41 Å². The predicted molar refractivity (Wildman–Crippen MR) is 41.2 cm³/mol. The van der Waals surface area contributed by atoms with Gasteiger partial charge >= 0.3 is 30.1 Å². The third-order valence-electron chi connectivity index (χ3n) is 3.68. The van der Waals surface area contributed by atoms with Crippen LogP contribution in [-0.4, -0.2) is 30.1 Å². The Kier molecular flexibility index (Phi) is 1.69. The molecular weight excluding hydrogens is 261 g/mol. The van der Waals surface area contributed by atoms with Crippen LogP contribution in [0, 0.1) is 23.2 Å². The molecule has 4 atom stereocenters. The van der Waals surface area contributed by atoms with Crippen LogP contribution in [0.3, 0.4) is 0 Å². The summed E-state index contributed by atoms with van der Waals surface area (Å²) in [5.74, 6) is -11.5. The molecule has 96 valence electrons. The summed E-state index contributed by atoms with van der Waals surface area (Å²) in [5, 5.41) is 0. The van der Waals surface area contributed by atoms with E-state index in [4.69, 9.17) is 0 Å². The van der Waals surface area contributed by atoms with Crippen molar-refractivity contribution in [2.45, 2.75) is 6.18 Å². The molecule has 1 aliphatic carbocycles. The van der Waals surface area contributed by atoms with Crippen molar-refractivity contribution in [2.24, 2.45) is 23.2 Å². The second kappa shape index (κ2) is 2.73. The van der Waals surface area contributed by atoms with E-state index in [0.29, 0.717) is 0 Å². The highest BCUT2D eigenvalue weighted by Gasteiger charge is 2.90. The first-order valence-electron chi connectivity index (χ1n) is 4.81. The van der Waals surface area contributed by atoms with Gasteiger partial charge in [0.25, 0.3) is 0 Å². The van der Waals surface area contributed by atoms with E-state index in [1.165, 1.54) is 0 Å². The number of ether oxygens (including phenoxy) is 2. The summed E-state index contributed by atoms with van der Waals surface area (Å²) < 4.78 is 47.1. The van der Waals surface area contributed by atoms with Crippen molar-refractivity contribution >= 4 is 23.9 Å². The Morgan fingerprint density at radius 2 is 1.39 bits per heavy atom. The number of rotatable bonds is 0. The molecule has 3 fully saturated rings. The maximum atomic E-state index is 13.0. The van der Waals surface area contributed by atoms with Gasteiger partial charge < -0.3 is 9.47 Å². The normalized spacial score (nSPS) is 42.1. The van der Waals surface area contributed by atoms with Crippen molar-refractivity contribution in [1.82, 2.24) is 0 Å². The first kappa shape index (κ1) is 11.2. The molecule has 0 aromatic carbocycles. The summed E-state index contributed by atoms with van der Waals surface area (Å²) in [6.45, 7) is 0. The Morgan fingerprint density at radius 3 is 1.89 bits per heavy atom. The molecule has 0 spiro atoms. The van der Waals surface area contributed by atoms with E-state index in [1.807, 2.05) is 0 Å². The van der Waals surface area contributed by atoms with Crippen LogP contribution in [-0.2, 0) is 28.7 Å². The van der Waals surface area contributed by atoms with Crippen LogP contribution in [0.2, 0.25) is 0 Å². The van der Waals surface area contributed by atoms with Gasteiger partial charge in [-0.15, -0.1) is 0 Å². The van der Waals surface area contributed by atoms with Crippen LogP contribution in [0.5, 0.6) is 0 Å². The lowest BCUT2D eigenvalue weighted by Gasteiger charge is -2.46. The van der Waals surface area contributed by atoms with E-state index >= 15 is 0 Å². The fraction of sp³-hybridized carbons (Fsp3) is 0.556. The summed E-state index contributed by atoms with van der Waals surface area (Å²) in [6, 6.07) is 0. The van der Waals surface area contributed by atoms with Gasteiger partial charge in [0.05, 0.1) is 17.8 Å². The molecule has 4 unspecified atom stereocenters. The minimum atomic E-state index is -5.16. The van der Waals surface area contributed by atoms with Gasteiger partial charge in [-0.3, -0.25) is 19.2 Å². The molecule has 0 N–H and O–H groups in total. The third kappa shape index (κ3) is 0.853. The topological polar surface area (TPSA) is 86.7 Å². The average Bonchev–Trinajstić information content (AvgIpc) is 2.44. The van der Waals surface area contributed by atoms with Crippen molar-refractivity contribution in [3.63, 3.8) is 0 Å². The molecule has 9 heteroatoms. The van der Waals surface area contributed by atoms with Gasteiger partial charge in [0.2, 0.25) is 0 Å². The molecule has 3 rings (SSSR count). The number of esters is 4. The van der Waals surface area contributed by atoms with Gasteiger partial charge in [-0.25, -0.2) is 0 Å². The second-order valence-electron chi connectivity index (χ2n) is 4.30. The number of hydrogen-bond donors (Lipinski definition) is 0. The SMILES string of the molecule is O=C1OC(=O)C2C1C1C(=O)OC(=O)C21C(F)(F)F. The molecule has 0 radical (unpaired) electrons. The smallest absolute Gasteiger partial charge is 0.393 e. The zero-order chi connectivity index (χ0) is 13.5. The Morgan fingerprint density at radius 1 is 0.889 bits per heavy atom. The standard InChI is InChI=1S/C9H3F3O6/c10-9(11,12)8-2-1(4(13)17-5(2)14)3(8)6(15)18-7(8)16/h1-3H. The zero-order valence-corrected chi connectivity index (χ0v) is 8.32. The summed E-state index contributed by atoms with van der Waals surface area (Å²) in [7, 11) is 0. The lowest BCUT2D eigenvalue weighted by Crippen LogP contribution is -2.67. The molecule has 18 heavy (non-hydrogen) atoms. The number of hydrogen-bond acceptors (Lipinski definition) is 6. The second-order valence-corrected chi connectivity index (χ2v) is 4.30. The highest BCUT2D eigenvalue weighted by atomic mass is 19.4. The van der Waals surface area contributed by atoms with Crippen LogP contribution in [0.25, 0.3) is 0 Å². The highest BCUT2D eigenvalue weighted by molar-refractivity contribution is 6.13. The number of cyclic esters (lactones) is 4. The van der Waals surface area contributed by atoms with E-state index in [1.54, 1.807) is 0 Å². The van der Waals surface area contributed by atoms with Crippen LogP contribution in [0.4, 0.5) is 13.2 Å². The van der Waals surface area contributed by atoms with E-state index in [0.717, 1.165) is 0 Å². The van der Waals surface area contributed by atoms with Gasteiger partial charge in [0.1, 0.15) is 0 Å². The van der Waals surface area contributed by atoms with E-state index in [9.17, 15) is 32.3 Å². The summed E-state index contributed by atoms with van der Waals surface area (Å²) in [4.78, 5) is 45.0.